The molecule has 0 atom stereocenters. The average molecular weight is 732 g/mol. The van der Waals surface area contributed by atoms with Gasteiger partial charge in [0.1, 0.15) is 34.6 Å². The predicted molar refractivity (Wildman–Crippen MR) is 154 cm³/mol. The number of aliphatic imine (C=N–C) groups is 2. The van der Waals surface area contributed by atoms with E-state index in [9.17, 15) is 31.1 Å². The first kappa shape index (κ1) is 31.6. The van der Waals surface area contributed by atoms with Crippen LogP contribution in [0, 0.1) is 69.8 Å². The largest absolute Gasteiger partial charge is 0.633 e. The van der Waals surface area contributed by atoms with Gasteiger partial charge in [-0.1, -0.05) is 12.1 Å². The summed E-state index contributed by atoms with van der Waals surface area (Å²) in [4.78, 5) is 27.1. The molecule has 52 heavy (non-hydrogen) atoms. The quantitative estimate of drug-likeness (QED) is 0.0707. The third kappa shape index (κ3) is 3.73. The zero-order valence-corrected chi connectivity index (χ0v) is 24.5. The first-order valence-electron chi connectivity index (χ1n) is 14.3. The standard InChI is InChI=1S/C31H5BF12N6O2/c33-14-8-9(15(34)21(40)20(14)39)27-45-26(8)46-28-10-12(18(37)24(43)22(41)16(10)35)30-48-31-13-11(17(36)23(42)25(44)19(13)38)29(47-27)50(31)32(49(28)30)52-7-3-1-2-6(4-7)5-51/h1-5H. The van der Waals surface area contributed by atoms with Gasteiger partial charge < -0.3 is 4.65 Å². The number of benzene rings is 4. The van der Waals surface area contributed by atoms with Crippen LogP contribution >= 0.6 is 0 Å². The van der Waals surface area contributed by atoms with E-state index in [-0.39, 0.29) is 11.3 Å². The van der Waals surface area contributed by atoms with E-state index in [4.69, 9.17) is 4.65 Å². The topological polar surface area (TPSA) is 85.6 Å². The SMILES string of the molecule is O=Cc1cccc(OB2n3c4c5c(F)c(F)c(F)c(F)c5c3N=c3c5c(F)c(F)c(F)c(F)c5c(n32)=NC2=NC(=N4)c3c(F)c(F)c(F)c(F)c32)c1. The lowest BCUT2D eigenvalue weighted by molar-refractivity contribution is 0.112. The molecule has 2 aromatic heterocycles. The molecule has 4 aromatic carbocycles. The molecule has 0 spiro atoms. The van der Waals surface area contributed by atoms with Gasteiger partial charge in [-0.2, -0.15) is 0 Å². The minimum Gasteiger partial charge on any atom is -0.522 e. The van der Waals surface area contributed by atoms with Crippen LogP contribution in [0.15, 0.2) is 44.2 Å². The van der Waals surface area contributed by atoms with E-state index in [0.29, 0.717) is 15.2 Å². The molecule has 0 amide bonds. The van der Waals surface area contributed by atoms with Crippen molar-refractivity contribution in [2.75, 3.05) is 0 Å². The minimum absolute atomic E-state index is 0.0550. The molecule has 0 N–H and O–H groups in total. The van der Waals surface area contributed by atoms with Crippen LogP contribution in [0.3, 0.4) is 0 Å². The first-order chi connectivity index (χ1) is 24.8. The van der Waals surface area contributed by atoms with Gasteiger partial charge in [0.2, 0.25) is 0 Å². The van der Waals surface area contributed by atoms with Crippen LogP contribution in [-0.4, -0.2) is 34.1 Å². The summed E-state index contributed by atoms with van der Waals surface area (Å²) >= 11 is 0. The molecule has 258 valence electrons. The van der Waals surface area contributed by atoms with Crippen molar-refractivity contribution in [3.8, 4) is 5.75 Å². The highest BCUT2D eigenvalue weighted by Crippen LogP contribution is 2.45. The Morgan fingerprint density at radius 2 is 0.981 bits per heavy atom. The molecule has 0 aliphatic carbocycles. The van der Waals surface area contributed by atoms with E-state index in [0.717, 1.165) is 6.07 Å². The Morgan fingerprint density at radius 1 is 0.519 bits per heavy atom. The lowest BCUT2D eigenvalue weighted by atomic mass is 9.98. The predicted octanol–water partition coefficient (Wildman–Crippen LogP) is 6.27. The monoisotopic (exact) mass is 732 g/mol. The maximum Gasteiger partial charge on any atom is 0.633 e. The van der Waals surface area contributed by atoms with Gasteiger partial charge in [0.05, 0.1) is 32.7 Å². The summed E-state index contributed by atoms with van der Waals surface area (Å²) in [5.74, 6) is -32.4. The Morgan fingerprint density at radius 3 is 1.52 bits per heavy atom. The van der Waals surface area contributed by atoms with Crippen molar-refractivity contribution in [2.24, 2.45) is 20.0 Å². The lowest BCUT2D eigenvalue weighted by Crippen LogP contribution is -2.52. The number of nitrogens with zero attached hydrogens (tertiary/aromatic N) is 6. The number of halogens is 12. The van der Waals surface area contributed by atoms with Crippen LogP contribution in [0.5, 0.6) is 5.75 Å². The van der Waals surface area contributed by atoms with Gasteiger partial charge in [0, 0.05) is 5.56 Å². The summed E-state index contributed by atoms with van der Waals surface area (Å²) in [6, 6.07) is 4.80. The molecule has 0 fully saturated rings. The average Bonchev–Trinajstić information content (AvgIpc) is 3.77. The summed E-state index contributed by atoms with van der Waals surface area (Å²) in [7, 11) is -2.26. The van der Waals surface area contributed by atoms with Crippen molar-refractivity contribution < 1.29 is 62.1 Å². The van der Waals surface area contributed by atoms with Crippen molar-refractivity contribution in [3.63, 3.8) is 0 Å². The first-order valence-corrected chi connectivity index (χ1v) is 14.3. The van der Waals surface area contributed by atoms with Crippen molar-refractivity contribution in [1.82, 2.24) is 8.96 Å². The van der Waals surface area contributed by atoms with Crippen molar-refractivity contribution in [1.29, 1.82) is 0 Å². The van der Waals surface area contributed by atoms with Crippen LogP contribution in [0.25, 0.3) is 21.5 Å². The van der Waals surface area contributed by atoms with Crippen LogP contribution in [-0.2, 0) is 0 Å². The molecule has 4 bridgehead atoms. The molecule has 5 heterocycles. The Labute approximate surface area is 277 Å². The van der Waals surface area contributed by atoms with Gasteiger partial charge in [-0.05, 0) is 12.1 Å². The van der Waals surface area contributed by atoms with Gasteiger partial charge in [0.15, 0.2) is 81.5 Å². The number of aromatic nitrogens is 2. The van der Waals surface area contributed by atoms with E-state index in [1.165, 1.54) is 18.2 Å². The Bertz CT molecular complexity index is 2960. The molecule has 6 aromatic rings. The fourth-order valence-corrected chi connectivity index (χ4v) is 6.37. The number of carbonyl (C=O) groups is 1. The van der Waals surface area contributed by atoms with Crippen molar-refractivity contribution in [3.05, 3.63) is 122 Å². The summed E-state index contributed by atoms with van der Waals surface area (Å²) in [5, 5.41) is -5.17. The molecule has 21 heteroatoms. The van der Waals surface area contributed by atoms with Gasteiger partial charge in [0.25, 0.3) is 0 Å². The minimum atomic E-state index is -2.43. The second-order valence-electron chi connectivity index (χ2n) is 11.3. The van der Waals surface area contributed by atoms with E-state index >= 15 is 26.3 Å². The molecule has 8 nitrogen and oxygen atoms in total. The molecule has 0 unspecified atom stereocenters. The second-order valence-corrected chi connectivity index (χ2v) is 11.3. The number of carbonyl (C=O) groups excluding carboxylic acids is 1. The van der Waals surface area contributed by atoms with Crippen LogP contribution in [0.2, 0.25) is 0 Å². The number of hydrogen-bond acceptors (Lipinski definition) is 6. The van der Waals surface area contributed by atoms with Crippen LogP contribution in [0.4, 0.5) is 64.3 Å². The van der Waals surface area contributed by atoms with Crippen LogP contribution in [0.1, 0.15) is 21.5 Å². The molecular weight excluding hydrogens is 727 g/mol. The summed E-state index contributed by atoms with van der Waals surface area (Å²) in [6.45, 7) is 0. The normalized spacial score (nSPS) is 14.0. The van der Waals surface area contributed by atoms with Gasteiger partial charge in [-0.15, -0.1) is 0 Å². The maximum atomic E-state index is 15.8. The number of fused-ring (bicyclic) bond motifs is 10. The maximum absolute atomic E-state index is 15.8. The molecule has 9 rings (SSSR count). The van der Waals surface area contributed by atoms with E-state index in [1.54, 1.807) is 0 Å². The highest BCUT2D eigenvalue weighted by Gasteiger charge is 2.45. The molecule has 3 aliphatic rings. The van der Waals surface area contributed by atoms with E-state index < -0.39 is 144 Å². The highest BCUT2D eigenvalue weighted by molar-refractivity contribution is 6.52. The molecular formula is C31H5BF12N6O2. The van der Waals surface area contributed by atoms with Gasteiger partial charge in [-0.3, -0.25) is 13.8 Å². The molecule has 0 saturated heterocycles. The molecule has 3 aliphatic heterocycles. The zero-order chi connectivity index (χ0) is 36.8. The summed E-state index contributed by atoms with van der Waals surface area (Å²) in [6.07, 6.45) is 0.353. The zero-order valence-electron chi connectivity index (χ0n) is 24.5. The van der Waals surface area contributed by atoms with Gasteiger partial charge in [-0.25, -0.2) is 72.7 Å². The number of aldehydes is 1. The third-order valence-corrected chi connectivity index (χ3v) is 8.58. The van der Waals surface area contributed by atoms with Gasteiger partial charge >= 0.3 is 7.19 Å². The van der Waals surface area contributed by atoms with Crippen molar-refractivity contribution in [2.45, 2.75) is 0 Å². The fraction of sp³-hybridized carbons (Fsp3) is 0. The van der Waals surface area contributed by atoms with Crippen molar-refractivity contribution >= 4 is 58.3 Å². The molecule has 0 saturated carbocycles. The summed E-state index contributed by atoms with van der Waals surface area (Å²) in [5.41, 5.74) is -4.85. The number of amidine groups is 2. The number of hydrogen-bond donors (Lipinski definition) is 0. The van der Waals surface area contributed by atoms with E-state index in [2.05, 4.69) is 20.0 Å². The fourth-order valence-electron chi connectivity index (χ4n) is 6.37. The number of rotatable bonds is 3. The Balaban J connectivity index is 1.60. The lowest BCUT2D eigenvalue weighted by Gasteiger charge is -2.23. The summed E-state index contributed by atoms with van der Waals surface area (Å²) < 4.78 is 190. The molecule has 0 radical (unpaired) electrons. The Kier molecular flexibility index (Phi) is 6.27. The van der Waals surface area contributed by atoms with E-state index in [1.807, 2.05) is 0 Å². The third-order valence-electron chi connectivity index (χ3n) is 8.58. The smallest absolute Gasteiger partial charge is 0.522 e. The van der Waals surface area contributed by atoms with Crippen LogP contribution < -0.4 is 15.6 Å². The second kappa shape index (κ2) is 10.3. The highest BCUT2D eigenvalue weighted by atomic mass is 19.2. The Hall–Kier alpha value is -6.41.